The second kappa shape index (κ2) is 27.6. The second-order valence-corrected chi connectivity index (χ2v) is 17.8. The molecule has 5 unspecified atom stereocenters. The second-order valence-electron chi connectivity index (χ2n) is 17.8. The Bertz CT molecular complexity index is 1620. The Kier molecular flexibility index (Phi) is 23.8. The Balaban J connectivity index is 1.84. The number of aliphatic hydroxyl groups excluding tert-OH is 9. The zero-order valence-electron chi connectivity index (χ0n) is 37.8. The predicted octanol–water partition coefficient (Wildman–Crippen LogP) is 0.936. The fourth-order valence-corrected chi connectivity index (χ4v) is 8.11. The standard InChI is InChI=1S/C47H75NO17/c1-27-17-15-13-11-9-7-5-6-8-10-12-14-16-18-34(64-46-44(58)41(48)43(57)30(4)63-46)24-38-40(45(59)60)37(54)26-47(61,65-38)25-36(53)35(52)20-19-31(49)21-32(50)22-33(51)23-39(55)62-29(3)28(2)42(27)56/h5-6,8,10-18,27-38,40-44,46,49-54,56-58,61H,7,9,19-26,48H2,1-4H3,(H,59,60)/t27?,28-,29-,30-,31+,32+,33+,34?,35+,36+,37-,38?,40?,41+,42+,43-,44+,46?,47+/m0/s1. The number of carboxylic acid groups (broad SMARTS) is 1. The summed E-state index contributed by atoms with van der Waals surface area (Å²) in [6.45, 7) is 6.78. The number of rotatable bonds is 3. The maximum atomic E-state index is 12.6. The first-order chi connectivity index (χ1) is 30.6. The molecule has 0 spiro atoms. The van der Waals surface area contributed by atoms with Gasteiger partial charge in [-0.1, -0.05) is 86.8 Å². The summed E-state index contributed by atoms with van der Waals surface area (Å²) in [7, 11) is 0. The molecule has 13 N–H and O–H groups in total. The SMILES string of the molecule is CC1C=CC=CCCC=CC=CC=CC=CC(OC2O[C@@H](C)[C@H](O)[C@@H](N)[C@H]2O)CC2O[C@](O)(C[C@@H](O)[C@H](O)CC[C@@H](O)C[C@@H](O)C[C@@H](O)CC(=O)O[C@@H](C)[C@H](C)[C@@H]1O)C[C@H](O)C2C(=O)O. The maximum Gasteiger partial charge on any atom is 0.311 e. The molecule has 2 bridgehead atoms. The van der Waals surface area contributed by atoms with Crippen LogP contribution < -0.4 is 5.73 Å². The lowest BCUT2D eigenvalue weighted by molar-refractivity contribution is -0.310. The van der Waals surface area contributed by atoms with Crippen LogP contribution in [-0.4, -0.2) is 166 Å². The normalized spacial score (nSPS) is 42.3. The molecule has 65 heavy (non-hydrogen) atoms. The molecular formula is C47H75NO17. The van der Waals surface area contributed by atoms with Crippen LogP contribution in [0.1, 0.15) is 91.9 Å². The number of nitrogens with two attached hydrogens (primary N) is 1. The summed E-state index contributed by atoms with van der Waals surface area (Å²) >= 11 is 0. The lowest BCUT2D eigenvalue weighted by Gasteiger charge is -2.45. The number of aliphatic carboxylic acids is 1. The minimum absolute atomic E-state index is 0.138. The molecule has 0 saturated carbocycles. The Labute approximate surface area is 381 Å². The zero-order valence-corrected chi connectivity index (χ0v) is 37.8. The number of ether oxygens (including phenoxy) is 4. The van der Waals surface area contributed by atoms with Crippen molar-refractivity contribution >= 4 is 11.9 Å². The Hall–Kier alpha value is -3.18. The van der Waals surface area contributed by atoms with Crippen molar-refractivity contribution < 1.29 is 84.7 Å². The van der Waals surface area contributed by atoms with Gasteiger partial charge in [-0.05, 0) is 52.4 Å². The average molecular weight is 926 g/mol. The molecule has 0 aromatic rings. The van der Waals surface area contributed by atoms with Crippen LogP contribution in [0, 0.1) is 17.8 Å². The van der Waals surface area contributed by atoms with Gasteiger partial charge in [0.2, 0.25) is 0 Å². The van der Waals surface area contributed by atoms with E-state index >= 15 is 0 Å². The summed E-state index contributed by atoms with van der Waals surface area (Å²) in [6.07, 6.45) is 2.28. The third-order valence-corrected chi connectivity index (χ3v) is 12.2. The number of cyclic esters (lactones) is 1. The molecule has 0 amide bonds. The lowest BCUT2D eigenvalue weighted by atomic mass is 9.82. The van der Waals surface area contributed by atoms with Crippen molar-refractivity contribution in [1.29, 1.82) is 0 Å². The van der Waals surface area contributed by atoms with Gasteiger partial charge in [-0.25, -0.2) is 0 Å². The van der Waals surface area contributed by atoms with E-state index in [2.05, 4.69) is 0 Å². The molecule has 2 saturated heterocycles. The van der Waals surface area contributed by atoms with Gasteiger partial charge in [0.15, 0.2) is 12.1 Å². The molecule has 19 atom stereocenters. The van der Waals surface area contributed by atoms with Gasteiger partial charge >= 0.3 is 11.9 Å². The smallest absolute Gasteiger partial charge is 0.311 e. The van der Waals surface area contributed by atoms with Crippen molar-refractivity contribution in [2.45, 2.75) is 189 Å². The third-order valence-electron chi connectivity index (χ3n) is 12.2. The summed E-state index contributed by atoms with van der Waals surface area (Å²) in [4.78, 5) is 25.1. The third kappa shape index (κ3) is 18.8. The van der Waals surface area contributed by atoms with Crippen molar-refractivity contribution in [3.8, 4) is 0 Å². The van der Waals surface area contributed by atoms with E-state index in [1.165, 1.54) is 13.0 Å². The highest BCUT2D eigenvalue weighted by molar-refractivity contribution is 5.71. The number of carbonyl (C=O) groups excluding carboxylic acids is 1. The molecular weight excluding hydrogens is 851 g/mol. The fourth-order valence-electron chi connectivity index (χ4n) is 8.11. The number of carboxylic acids is 1. The topological polar surface area (TPSA) is 320 Å². The van der Waals surface area contributed by atoms with Crippen molar-refractivity contribution in [2.24, 2.45) is 23.5 Å². The number of carbonyl (C=O) groups is 2. The quantitative estimate of drug-likeness (QED) is 0.175. The van der Waals surface area contributed by atoms with Crippen LogP contribution in [0.3, 0.4) is 0 Å². The van der Waals surface area contributed by atoms with E-state index in [-0.39, 0.29) is 38.0 Å². The first kappa shape index (κ1) is 56.1. The van der Waals surface area contributed by atoms with Crippen molar-refractivity contribution in [1.82, 2.24) is 0 Å². The number of hydrogen-bond donors (Lipinski definition) is 12. The molecule has 3 aliphatic rings. The highest BCUT2D eigenvalue weighted by atomic mass is 16.7. The van der Waals surface area contributed by atoms with E-state index in [1.807, 2.05) is 49.5 Å². The van der Waals surface area contributed by atoms with Gasteiger partial charge in [0.25, 0.3) is 0 Å². The molecule has 370 valence electrons. The summed E-state index contributed by atoms with van der Waals surface area (Å²) in [5.41, 5.74) is 6.02. The highest BCUT2D eigenvalue weighted by Crippen LogP contribution is 2.38. The van der Waals surface area contributed by atoms with Crippen LogP contribution in [0.25, 0.3) is 0 Å². The first-order valence-corrected chi connectivity index (χ1v) is 22.6. The monoisotopic (exact) mass is 926 g/mol. The van der Waals surface area contributed by atoms with Crippen molar-refractivity contribution in [2.75, 3.05) is 0 Å². The average Bonchev–Trinajstić information content (AvgIpc) is 3.21. The molecule has 3 rings (SSSR count). The minimum Gasteiger partial charge on any atom is -0.481 e. The highest BCUT2D eigenvalue weighted by Gasteiger charge is 2.51. The number of hydrogen-bond acceptors (Lipinski definition) is 17. The van der Waals surface area contributed by atoms with E-state index in [0.29, 0.717) is 0 Å². The molecule has 18 nitrogen and oxygen atoms in total. The Morgan fingerprint density at radius 2 is 1.28 bits per heavy atom. The summed E-state index contributed by atoms with van der Waals surface area (Å²) in [6, 6.07) is -1.14. The molecule has 0 aromatic heterocycles. The Morgan fingerprint density at radius 3 is 1.94 bits per heavy atom. The first-order valence-electron chi connectivity index (χ1n) is 22.6. The zero-order chi connectivity index (χ0) is 48.4. The van der Waals surface area contributed by atoms with Crippen molar-refractivity contribution in [3.05, 3.63) is 72.9 Å². The van der Waals surface area contributed by atoms with E-state index < -0.39 is 141 Å². The van der Waals surface area contributed by atoms with Crippen LogP contribution in [0.15, 0.2) is 72.9 Å². The summed E-state index contributed by atoms with van der Waals surface area (Å²) < 4.78 is 23.2. The number of aliphatic hydroxyl groups is 10. The van der Waals surface area contributed by atoms with Gasteiger partial charge in [-0.15, -0.1) is 0 Å². The largest absolute Gasteiger partial charge is 0.481 e. The lowest BCUT2D eigenvalue weighted by Crippen LogP contribution is -2.61. The maximum absolute atomic E-state index is 12.6. The molecule has 18 heteroatoms. The van der Waals surface area contributed by atoms with Crippen LogP contribution in [0.4, 0.5) is 0 Å². The molecule has 3 heterocycles. The van der Waals surface area contributed by atoms with Gasteiger partial charge in [0, 0.05) is 31.1 Å². The van der Waals surface area contributed by atoms with Gasteiger partial charge in [-0.3, -0.25) is 9.59 Å². The Morgan fingerprint density at radius 1 is 0.692 bits per heavy atom. The molecule has 3 aliphatic heterocycles. The van der Waals surface area contributed by atoms with Gasteiger partial charge in [-0.2, -0.15) is 0 Å². The minimum atomic E-state index is -2.35. The van der Waals surface area contributed by atoms with Crippen molar-refractivity contribution in [3.63, 3.8) is 0 Å². The van der Waals surface area contributed by atoms with Crippen LogP contribution in [0.2, 0.25) is 0 Å². The summed E-state index contributed by atoms with van der Waals surface area (Å²) in [5.74, 6) is -6.82. The predicted molar refractivity (Wildman–Crippen MR) is 237 cm³/mol. The summed E-state index contributed by atoms with van der Waals surface area (Å²) in [5, 5.41) is 118. The molecule has 0 radical (unpaired) electrons. The van der Waals surface area contributed by atoms with E-state index in [4.69, 9.17) is 24.7 Å². The van der Waals surface area contributed by atoms with Crippen LogP contribution in [-0.2, 0) is 28.5 Å². The van der Waals surface area contributed by atoms with E-state index in [1.54, 1.807) is 38.2 Å². The van der Waals surface area contributed by atoms with Gasteiger partial charge in [0.1, 0.15) is 18.1 Å². The van der Waals surface area contributed by atoms with Crippen LogP contribution >= 0.6 is 0 Å². The van der Waals surface area contributed by atoms with Crippen LogP contribution in [0.5, 0.6) is 0 Å². The van der Waals surface area contributed by atoms with E-state index in [0.717, 1.165) is 12.8 Å². The molecule has 0 aromatic carbocycles. The number of esters is 1. The molecule has 0 aliphatic carbocycles. The van der Waals surface area contributed by atoms with Gasteiger partial charge < -0.3 is 80.9 Å². The fraction of sp³-hybridized carbons (Fsp3) is 0.702. The van der Waals surface area contributed by atoms with Gasteiger partial charge in [0.05, 0.1) is 79.6 Å². The number of allylic oxidation sites excluding steroid dienone is 10. The molecule has 2 fully saturated rings. The van der Waals surface area contributed by atoms with E-state index in [9.17, 15) is 65.8 Å². The number of fused-ring (bicyclic) bond motifs is 2.